The van der Waals surface area contributed by atoms with E-state index < -0.39 is 30.2 Å². The zero-order valence-corrected chi connectivity index (χ0v) is 15.6. The van der Waals surface area contributed by atoms with Crippen molar-refractivity contribution in [1.82, 2.24) is 0 Å². The summed E-state index contributed by atoms with van der Waals surface area (Å²) in [6, 6.07) is 10.7. The Balaban J connectivity index is 1.58. The molecular formula is C20H17NO8. The molecule has 29 heavy (non-hydrogen) atoms. The van der Waals surface area contributed by atoms with Gasteiger partial charge in [0.1, 0.15) is 6.61 Å². The molecular weight excluding hydrogens is 382 g/mol. The van der Waals surface area contributed by atoms with Crippen molar-refractivity contribution in [3.63, 3.8) is 0 Å². The highest BCUT2D eigenvalue weighted by atomic mass is 16.6. The lowest BCUT2D eigenvalue weighted by Gasteiger charge is -2.12. The van der Waals surface area contributed by atoms with Crippen molar-refractivity contribution < 1.29 is 38.1 Å². The van der Waals surface area contributed by atoms with Crippen molar-refractivity contribution in [1.29, 1.82) is 0 Å². The minimum Gasteiger partial charge on any atom is -0.469 e. The highest BCUT2D eigenvalue weighted by molar-refractivity contribution is 5.94. The van der Waals surface area contributed by atoms with Crippen LogP contribution in [0.4, 0.5) is 10.5 Å². The van der Waals surface area contributed by atoms with Crippen LogP contribution in [0.3, 0.4) is 0 Å². The standard InChI is InChI=1S/C20H17NO8/c1-25-18(22)14-11-8-12(21-20(24)27-9-10-6-4-3-5-7-10)15-16(28-14)13(11)17(29-15)19(23)26-2/h3-8,14,17H,9H2,1-2H3,(H,21,24). The summed E-state index contributed by atoms with van der Waals surface area (Å²) >= 11 is 0. The number of carbonyl (C=O) groups is 3. The van der Waals surface area contributed by atoms with Gasteiger partial charge < -0.3 is 23.7 Å². The van der Waals surface area contributed by atoms with Gasteiger partial charge in [0.15, 0.2) is 11.5 Å². The number of carbonyl (C=O) groups excluding carboxylic acids is 3. The molecule has 2 aliphatic rings. The first kappa shape index (κ1) is 18.6. The van der Waals surface area contributed by atoms with E-state index in [-0.39, 0.29) is 23.8 Å². The quantitative estimate of drug-likeness (QED) is 0.604. The summed E-state index contributed by atoms with van der Waals surface area (Å²) in [5, 5.41) is 2.57. The van der Waals surface area contributed by atoms with Gasteiger partial charge in [0.25, 0.3) is 0 Å². The van der Waals surface area contributed by atoms with Gasteiger partial charge in [-0.25, -0.2) is 14.4 Å². The van der Waals surface area contributed by atoms with Crippen LogP contribution < -0.4 is 14.8 Å². The highest BCUT2D eigenvalue weighted by Gasteiger charge is 2.49. The summed E-state index contributed by atoms with van der Waals surface area (Å²) in [6.45, 7) is 0.0761. The average molecular weight is 399 g/mol. The van der Waals surface area contributed by atoms with Crippen molar-refractivity contribution in [2.75, 3.05) is 19.5 Å². The Labute approximate surface area is 165 Å². The average Bonchev–Trinajstić information content (AvgIpc) is 3.19. The van der Waals surface area contributed by atoms with E-state index >= 15 is 0 Å². The lowest BCUT2D eigenvalue weighted by molar-refractivity contribution is -0.150. The second-order valence-corrected chi connectivity index (χ2v) is 6.31. The second-order valence-electron chi connectivity index (χ2n) is 6.31. The third-order valence-corrected chi connectivity index (χ3v) is 4.60. The maximum atomic E-state index is 12.2. The molecule has 1 amide bonds. The van der Waals surface area contributed by atoms with Crippen LogP contribution in [0.15, 0.2) is 36.4 Å². The molecule has 9 nitrogen and oxygen atoms in total. The van der Waals surface area contributed by atoms with Crippen LogP contribution >= 0.6 is 0 Å². The van der Waals surface area contributed by atoms with Crippen LogP contribution in [0.5, 0.6) is 11.5 Å². The van der Waals surface area contributed by atoms with E-state index in [0.717, 1.165) is 5.56 Å². The van der Waals surface area contributed by atoms with Crippen LogP contribution in [0.25, 0.3) is 0 Å². The third-order valence-electron chi connectivity index (χ3n) is 4.60. The molecule has 4 rings (SSSR count). The zero-order chi connectivity index (χ0) is 20.5. The largest absolute Gasteiger partial charge is 0.469 e. The molecule has 2 heterocycles. The van der Waals surface area contributed by atoms with Gasteiger partial charge in [-0.1, -0.05) is 30.3 Å². The lowest BCUT2D eigenvalue weighted by atomic mass is 10.0. The SMILES string of the molecule is COC(=O)C1Oc2c3c(NC(=O)OCc4ccccc4)cc1c2C(C(=O)OC)O3. The molecule has 0 radical (unpaired) electrons. The number of ether oxygens (including phenoxy) is 5. The number of nitrogens with one attached hydrogen (secondary N) is 1. The Morgan fingerprint density at radius 1 is 0.966 bits per heavy atom. The first-order chi connectivity index (χ1) is 14.0. The van der Waals surface area contributed by atoms with E-state index in [4.69, 9.17) is 23.7 Å². The van der Waals surface area contributed by atoms with E-state index in [1.807, 2.05) is 30.3 Å². The zero-order valence-electron chi connectivity index (χ0n) is 15.6. The molecule has 2 unspecified atom stereocenters. The van der Waals surface area contributed by atoms with Gasteiger partial charge in [0, 0.05) is 5.56 Å². The summed E-state index contributed by atoms with van der Waals surface area (Å²) in [4.78, 5) is 36.4. The molecule has 2 aromatic carbocycles. The summed E-state index contributed by atoms with van der Waals surface area (Å²) in [7, 11) is 2.45. The Morgan fingerprint density at radius 3 is 2.31 bits per heavy atom. The number of esters is 2. The molecule has 1 N–H and O–H groups in total. The van der Waals surface area contributed by atoms with Gasteiger partial charge in [-0.2, -0.15) is 0 Å². The Morgan fingerprint density at radius 2 is 1.62 bits per heavy atom. The van der Waals surface area contributed by atoms with Gasteiger partial charge in [0.05, 0.1) is 25.5 Å². The fraction of sp³-hybridized carbons (Fsp3) is 0.250. The van der Waals surface area contributed by atoms with E-state index in [1.165, 1.54) is 20.3 Å². The predicted molar refractivity (Wildman–Crippen MR) is 97.5 cm³/mol. The fourth-order valence-electron chi connectivity index (χ4n) is 3.27. The number of amides is 1. The van der Waals surface area contributed by atoms with Crippen LogP contribution in [-0.4, -0.2) is 32.3 Å². The molecule has 0 spiro atoms. The van der Waals surface area contributed by atoms with Crippen molar-refractivity contribution in [3.8, 4) is 11.5 Å². The predicted octanol–water partition coefficient (Wildman–Crippen LogP) is 2.65. The topological polar surface area (TPSA) is 109 Å². The molecule has 150 valence electrons. The van der Waals surface area contributed by atoms with Crippen molar-refractivity contribution >= 4 is 23.7 Å². The molecule has 0 fully saturated rings. The molecule has 4 bridgehead atoms. The summed E-state index contributed by atoms with van der Waals surface area (Å²) in [5.74, 6) is -0.962. The number of benzene rings is 2. The second kappa shape index (κ2) is 7.34. The molecule has 0 saturated heterocycles. The van der Waals surface area contributed by atoms with Crippen LogP contribution in [0.1, 0.15) is 28.9 Å². The summed E-state index contributed by atoms with van der Waals surface area (Å²) in [6.07, 6.45) is -2.88. The molecule has 2 atom stereocenters. The van der Waals surface area contributed by atoms with Gasteiger partial charge in [-0.05, 0) is 11.6 Å². The Hall–Kier alpha value is -3.75. The highest BCUT2D eigenvalue weighted by Crippen LogP contribution is 2.58. The maximum absolute atomic E-state index is 12.2. The van der Waals surface area contributed by atoms with Crippen molar-refractivity contribution in [2.24, 2.45) is 0 Å². The minimum atomic E-state index is -1.09. The van der Waals surface area contributed by atoms with E-state index in [1.54, 1.807) is 0 Å². The normalized spacial score (nSPS) is 17.7. The number of hydrogen-bond donors (Lipinski definition) is 1. The van der Waals surface area contributed by atoms with E-state index in [9.17, 15) is 14.4 Å². The Bertz CT molecular complexity index is 988. The first-order valence-electron chi connectivity index (χ1n) is 8.71. The summed E-state index contributed by atoms with van der Waals surface area (Å²) < 4.78 is 26.0. The third kappa shape index (κ3) is 3.20. The van der Waals surface area contributed by atoms with Crippen LogP contribution in [-0.2, 0) is 30.4 Å². The lowest BCUT2D eigenvalue weighted by Crippen LogP contribution is -2.20. The van der Waals surface area contributed by atoms with Crippen LogP contribution in [0.2, 0.25) is 0 Å². The monoisotopic (exact) mass is 399 g/mol. The molecule has 2 aliphatic heterocycles. The number of anilines is 1. The number of methoxy groups -OCH3 is 2. The molecule has 9 heteroatoms. The smallest absolute Gasteiger partial charge is 0.412 e. The molecule has 2 aromatic rings. The van der Waals surface area contributed by atoms with Gasteiger partial charge in [-0.3, -0.25) is 5.32 Å². The molecule has 0 aromatic heterocycles. The fourth-order valence-corrected chi connectivity index (χ4v) is 3.27. The van der Waals surface area contributed by atoms with Gasteiger partial charge in [-0.15, -0.1) is 0 Å². The molecule has 0 aliphatic carbocycles. The summed E-state index contributed by atoms with van der Waals surface area (Å²) in [5.41, 5.74) is 1.80. The van der Waals surface area contributed by atoms with Gasteiger partial charge in [0.2, 0.25) is 12.2 Å². The minimum absolute atomic E-state index is 0.0761. The van der Waals surface area contributed by atoms with E-state index in [2.05, 4.69) is 5.32 Å². The molecule has 0 saturated carbocycles. The first-order valence-corrected chi connectivity index (χ1v) is 8.71. The number of hydrogen-bond acceptors (Lipinski definition) is 8. The van der Waals surface area contributed by atoms with E-state index in [0.29, 0.717) is 11.1 Å². The van der Waals surface area contributed by atoms with Crippen molar-refractivity contribution in [3.05, 3.63) is 53.1 Å². The van der Waals surface area contributed by atoms with Gasteiger partial charge >= 0.3 is 18.0 Å². The van der Waals surface area contributed by atoms with Crippen LogP contribution in [0, 0.1) is 0 Å². The number of rotatable bonds is 5. The maximum Gasteiger partial charge on any atom is 0.412 e. The Kier molecular flexibility index (Phi) is 4.71. The van der Waals surface area contributed by atoms with Crippen molar-refractivity contribution in [2.45, 2.75) is 18.8 Å².